The standard InChI is InChI=1S/C15H11N3O/c19-15(12-6-2-1-3-7-12)13-8-4-5-9-14(13)18-16-10-11-17-18/h1-11H. The van der Waals surface area contributed by atoms with Crippen molar-refractivity contribution in [3.63, 3.8) is 0 Å². The van der Waals surface area contributed by atoms with Crippen molar-refractivity contribution in [2.45, 2.75) is 0 Å². The Labute approximate surface area is 110 Å². The number of hydrogen-bond donors (Lipinski definition) is 0. The summed E-state index contributed by atoms with van der Waals surface area (Å²) in [6, 6.07) is 16.5. The van der Waals surface area contributed by atoms with Crippen LogP contribution in [-0.4, -0.2) is 20.8 Å². The van der Waals surface area contributed by atoms with Crippen LogP contribution in [0, 0.1) is 0 Å². The van der Waals surface area contributed by atoms with Gasteiger partial charge in [0, 0.05) is 5.56 Å². The number of hydrogen-bond acceptors (Lipinski definition) is 3. The minimum absolute atomic E-state index is 0.0338. The van der Waals surface area contributed by atoms with Gasteiger partial charge < -0.3 is 0 Å². The van der Waals surface area contributed by atoms with E-state index in [0.717, 1.165) is 0 Å². The van der Waals surface area contributed by atoms with Gasteiger partial charge in [-0.05, 0) is 12.1 Å². The van der Waals surface area contributed by atoms with Crippen molar-refractivity contribution in [1.82, 2.24) is 15.0 Å². The van der Waals surface area contributed by atoms with Gasteiger partial charge in [-0.2, -0.15) is 15.0 Å². The average molecular weight is 249 g/mol. The van der Waals surface area contributed by atoms with E-state index in [1.165, 1.54) is 4.80 Å². The Balaban J connectivity index is 2.09. The van der Waals surface area contributed by atoms with Gasteiger partial charge in [0.15, 0.2) is 5.78 Å². The molecule has 1 aromatic heterocycles. The van der Waals surface area contributed by atoms with E-state index in [4.69, 9.17) is 0 Å². The van der Waals surface area contributed by atoms with Crippen molar-refractivity contribution in [2.24, 2.45) is 0 Å². The fourth-order valence-electron chi connectivity index (χ4n) is 1.93. The first-order valence-corrected chi connectivity index (χ1v) is 5.92. The summed E-state index contributed by atoms with van der Waals surface area (Å²) >= 11 is 0. The zero-order chi connectivity index (χ0) is 13.1. The maximum atomic E-state index is 12.5. The average Bonchev–Trinajstić information content (AvgIpc) is 3.01. The van der Waals surface area contributed by atoms with E-state index in [0.29, 0.717) is 16.8 Å². The molecule has 0 aliphatic rings. The Hall–Kier alpha value is -2.75. The molecule has 4 heteroatoms. The summed E-state index contributed by atoms with van der Waals surface area (Å²) in [7, 11) is 0. The molecule has 0 amide bonds. The van der Waals surface area contributed by atoms with Crippen LogP contribution < -0.4 is 0 Å². The fraction of sp³-hybridized carbons (Fsp3) is 0. The van der Waals surface area contributed by atoms with E-state index < -0.39 is 0 Å². The molecule has 0 atom stereocenters. The highest BCUT2D eigenvalue weighted by Gasteiger charge is 2.14. The molecule has 0 unspecified atom stereocenters. The van der Waals surface area contributed by atoms with E-state index in [1.807, 2.05) is 36.4 Å². The molecule has 0 aliphatic carbocycles. The molecule has 0 N–H and O–H groups in total. The molecule has 0 bridgehead atoms. The number of nitrogens with zero attached hydrogens (tertiary/aromatic N) is 3. The van der Waals surface area contributed by atoms with E-state index in [-0.39, 0.29) is 5.78 Å². The molecule has 0 aliphatic heterocycles. The largest absolute Gasteiger partial charge is 0.289 e. The summed E-state index contributed by atoms with van der Waals surface area (Å²) in [6.45, 7) is 0. The van der Waals surface area contributed by atoms with Crippen molar-refractivity contribution in [1.29, 1.82) is 0 Å². The lowest BCUT2D eigenvalue weighted by Crippen LogP contribution is -2.09. The number of ketones is 1. The van der Waals surface area contributed by atoms with Crippen LogP contribution in [0.15, 0.2) is 67.0 Å². The van der Waals surface area contributed by atoms with Gasteiger partial charge in [-0.3, -0.25) is 4.79 Å². The third-order valence-electron chi connectivity index (χ3n) is 2.82. The van der Waals surface area contributed by atoms with Crippen molar-refractivity contribution >= 4 is 5.78 Å². The SMILES string of the molecule is O=C(c1ccccc1)c1ccccc1-n1nccn1. The van der Waals surface area contributed by atoms with Gasteiger partial charge in [0.2, 0.25) is 0 Å². The Bertz CT molecular complexity index is 690. The number of benzene rings is 2. The van der Waals surface area contributed by atoms with Gasteiger partial charge in [0.1, 0.15) is 0 Å². The van der Waals surface area contributed by atoms with Crippen LogP contribution in [0.2, 0.25) is 0 Å². The Morgan fingerprint density at radius 1 is 0.842 bits per heavy atom. The molecule has 4 nitrogen and oxygen atoms in total. The minimum atomic E-state index is -0.0338. The highest BCUT2D eigenvalue weighted by Crippen LogP contribution is 2.16. The van der Waals surface area contributed by atoms with Crippen LogP contribution in [0.4, 0.5) is 0 Å². The van der Waals surface area contributed by atoms with Gasteiger partial charge in [-0.15, -0.1) is 0 Å². The van der Waals surface area contributed by atoms with Gasteiger partial charge >= 0.3 is 0 Å². The Morgan fingerprint density at radius 3 is 2.21 bits per heavy atom. The van der Waals surface area contributed by atoms with Crippen molar-refractivity contribution in [3.05, 3.63) is 78.1 Å². The van der Waals surface area contributed by atoms with Gasteiger partial charge in [-0.25, -0.2) is 0 Å². The first-order valence-electron chi connectivity index (χ1n) is 5.92. The predicted octanol–water partition coefficient (Wildman–Crippen LogP) is 2.50. The molecule has 0 radical (unpaired) electrons. The highest BCUT2D eigenvalue weighted by molar-refractivity contribution is 6.11. The summed E-state index contributed by atoms with van der Waals surface area (Å²) in [5.74, 6) is -0.0338. The first kappa shape index (κ1) is 11.3. The molecule has 3 aromatic rings. The third kappa shape index (κ3) is 2.15. The molecule has 0 saturated carbocycles. The number of rotatable bonds is 3. The summed E-state index contributed by atoms with van der Waals surface area (Å²) in [4.78, 5) is 13.9. The molecule has 0 spiro atoms. The highest BCUT2D eigenvalue weighted by atomic mass is 16.1. The van der Waals surface area contributed by atoms with Crippen LogP contribution in [-0.2, 0) is 0 Å². The van der Waals surface area contributed by atoms with Crippen LogP contribution in [0.3, 0.4) is 0 Å². The number of aromatic nitrogens is 3. The maximum absolute atomic E-state index is 12.5. The summed E-state index contributed by atoms with van der Waals surface area (Å²) < 4.78 is 0. The lowest BCUT2D eigenvalue weighted by Gasteiger charge is -2.07. The van der Waals surface area contributed by atoms with E-state index >= 15 is 0 Å². The second-order valence-electron chi connectivity index (χ2n) is 4.03. The lowest BCUT2D eigenvalue weighted by molar-refractivity contribution is 0.103. The second-order valence-corrected chi connectivity index (χ2v) is 4.03. The van der Waals surface area contributed by atoms with Crippen LogP contribution >= 0.6 is 0 Å². The molecule has 0 fully saturated rings. The molecule has 92 valence electrons. The monoisotopic (exact) mass is 249 g/mol. The number of carbonyl (C=O) groups is 1. The van der Waals surface area contributed by atoms with Gasteiger partial charge in [-0.1, -0.05) is 42.5 Å². The van der Waals surface area contributed by atoms with Gasteiger partial charge in [0.05, 0.1) is 23.6 Å². The smallest absolute Gasteiger partial charge is 0.195 e. The molecule has 1 heterocycles. The lowest BCUT2D eigenvalue weighted by atomic mass is 10.0. The molecule has 19 heavy (non-hydrogen) atoms. The topological polar surface area (TPSA) is 47.8 Å². The quantitative estimate of drug-likeness (QED) is 0.670. The Morgan fingerprint density at radius 2 is 1.47 bits per heavy atom. The summed E-state index contributed by atoms with van der Waals surface area (Å²) in [5, 5.41) is 8.15. The molecular formula is C15H11N3O. The summed E-state index contributed by atoms with van der Waals surface area (Å²) in [5.41, 5.74) is 1.92. The van der Waals surface area contributed by atoms with Crippen LogP contribution in [0.1, 0.15) is 15.9 Å². The van der Waals surface area contributed by atoms with Crippen LogP contribution in [0.5, 0.6) is 0 Å². The third-order valence-corrected chi connectivity index (χ3v) is 2.82. The number of carbonyl (C=O) groups excluding carboxylic acids is 1. The van der Waals surface area contributed by atoms with Gasteiger partial charge in [0.25, 0.3) is 0 Å². The molecule has 2 aromatic carbocycles. The maximum Gasteiger partial charge on any atom is 0.195 e. The second kappa shape index (κ2) is 4.86. The van der Waals surface area contributed by atoms with E-state index in [1.54, 1.807) is 30.6 Å². The van der Waals surface area contributed by atoms with Crippen molar-refractivity contribution < 1.29 is 4.79 Å². The van der Waals surface area contributed by atoms with E-state index in [9.17, 15) is 4.79 Å². The molecule has 3 rings (SSSR count). The minimum Gasteiger partial charge on any atom is -0.289 e. The predicted molar refractivity (Wildman–Crippen MR) is 71.2 cm³/mol. The van der Waals surface area contributed by atoms with E-state index in [2.05, 4.69) is 10.2 Å². The Kier molecular flexibility index (Phi) is 2.90. The first-order chi connectivity index (χ1) is 9.36. The van der Waals surface area contributed by atoms with Crippen molar-refractivity contribution in [2.75, 3.05) is 0 Å². The zero-order valence-electron chi connectivity index (χ0n) is 10.1. The van der Waals surface area contributed by atoms with Crippen molar-refractivity contribution in [3.8, 4) is 5.69 Å². The normalized spacial score (nSPS) is 10.3. The summed E-state index contributed by atoms with van der Waals surface area (Å²) in [6.07, 6.45) is 3.17. The van der Waals surface area contributed by atoms with Crippen LogP contribution in [0.25, 0.3) is 5.69 Å². The number of para-hydroxylation sites is 1. The zero-order valence-corrected chi connectivity index (χ0v) is 10.1. The fourth-order valence-corrected chi connectivity index (χ4v) is 1.93. The molecule has 0 saturated heterocycles. The molecular weight excluding hydrogens is 238 g/mol.